The number of halogens is 1. The summed E-state index contributed by atoms with van der Waals surface area (Å²) in [5.41, 5.74) is 0.549. The summed E-state index contributed by atoms with van der Waals surface area (Å²) in [6.07, 6.45) is 0.0298. The Labute approximate surface area is 93.5 Å². The van der Waals surface area contributed by atoms with Crippen LogP contribution in [0.1, 0.15) is 5.56 Å². The van der Waals surface area contributed by atoms with Crippen molar-refractivity contribution in [2.75, 3.05) is 7.11 Å². The number of pyridine rings is 1. The second-order valence-corrected chi connectivity index (χ2v) is 3.38. The molecule has 0 amide bonds. The monoisotopic (exact) mass is 274 g/mol. The molecule has 1 heterocycles. The van der Waals surface area contributed by atoms with E-state index in [-0.39, 0.29) is 16.8 Å². The number of nitro groups is 1. The molecule has 0 unspecified atom stereocenters. The van der Waals surface area contributed by atoms with Crippen LogP contribution in [0.25, 0.3) is 0 Å². The molecule has 1 rings (SSSR count). The van der Waals surface area contributed by atoms with E-state index in [4.69, 9.17) is 0 Å². The van der Waals surface area contributed by atoms with Crippen LogP contribution in [-0.2, 0) is 16.0 Å². The van der Waals surface area contributed by atoms with Crippen LogP contribution in [0.5, 0.6) is 0 Å². The molecule has 0 aliphatic rings. The van der Waals surface area contributed by atoms with Crippen molar-refractivity contribution in [1.82, 2.24) is 4.98 Å². The molecule has 0 saturated carbocycles. The van der Waals surface area contributed by atoms with E-state index < -0.39 is 10.9 Å². The minimum absolute atomic E-state index is 0.0298. The SMILES string of the molecule is COC(=O)Cc1ccc([N+](=O)[O-])nc1Br. The minimum Gasteiger partial charge on any atom is -0.469 e. The summed E-state index contributed by atoms with van der Waals surface area (Å²) >= 11 is 3.05. The van der Waals surface area contributed by atoms with Crippen molar-refractivity contribution >= 4 is 27.7 Å². The third kappa shape index (κ3) is 2.98. The first-order valence-corrected chi connectivity index (χ1v) is 4.70. The fraction of sp³-hybridized carbons (Fsp3) is 0.250. The zero-order chi connectivity index (χ0) is 11.4. The van der Waals surface area contributed by atoms with E-state index in [1.807, 2.05) is 0 Å². The Morgan fingerprint density at radius 3 is 2.80 bits per heavy atom. The fourth-order valence-electron chi connectivity index (χ4n) is 0.915. The van der Waals surface area contributed by atoms with Gasteiger partial charge in [0.2, 0.25) is 4.60 Å². The lowest BCUT2D eigenvalue weighted by atomic mass is 10.2. The average Bonchev–Trinajstić information content (AvgIpc) is 2.20. The Hall–Kier alpha value is -1.50. The molecule has 80 valence electrons. The van der Waals surface area contributed by atoms with Crippen LogP contribution in [0, 0.1) is 10.1 Å². The molecule has 0 radical (unpaired) electrons. The molecule has 0 N–H and O–H groups in total. The summed E-state index contributed by atoms with van der Waals surface area (Å²) in [7, 11) is 1.27. The molecule has 0 aliphatic carbocycles. The van der Waals surface area contributed by atoms with Crippen molar-refractivity contribution in [3.8, 4) is 0 Å². The number of hydrogen-bond acceptors (Lipinski definition) is 5. The molecule has 0 spiro atoms. The highest BCUT2D eigenvalue weighted by Crippen LogP contribution is 2.19. The molecule has 1 aromatic heterocycles. The molecular formula is C8H7BrN2O4. The van der Waals surface area contributed by atoms with Crippen molar-refractivity contribution in [2.24, 2.45) is 0 Å². The van der Waals surface area contributed by atoms with Crippen LogP contribution < -0.4 is 0 Å². The van der Waals surface area contributed by atoms with E-state index in [2.05, 4.69) is 25.7 Å². The van der Waals surface area contributed by atoms with Crippen LogP contribution in [0.2, 0.25) is 0 Å². The Bertz CT molecular complexity index is 408. The first kappa shape index (κ1) is 11.6. The van der Waals surface area contributed by atoms with Gasteiger partial charge in [-0.05, 0) is 16.0 Å². The van der Waals surface area contributed by atoms with Crippen LogP contribution >= 0.6 is 15.9 Å². The van der Waals surface area contributed by atoms with Crippen LogP contribution in [0.3, 0.4) is 0 Å². The Morgan fingerprint density at radius 2 is 2.33 bits per heavy atom. The first-order valence-electron chi connectivity index (χ1n) is 3.91. The molecular weight excluding hydrogens is 268 g/mol. The van der Waals surface area contributed by atoms with Crippen LogP contribution in [-0.4, -0.2) is 23.0 Å². The number of ether oxygens (including phenoxy) is 1. The van der Waals surface area contributed by atoms with Gasteiger partial charge in [-0.2, -0.15) is 0 Å². The summed E-state index contributed by atoms with van der Waals surface area (Å²) in [5.74, 6) is -0.693. The van der Waals surface area contributed by atoms with Crippen molar-refractivity contribution in [1.29, 1.82) is 0 Å². The van der Waals surface area contributed by atoms with Gasteiger partial charge in [0.15, 0.2) is 0 Å². The second-order valence-electron chi connectivity index (χ2n) is 2.63. The van der Waals surface area contributed by atoms with E-state index >= 15 is 0 Å². The van der Waals surface area contributed by atoms with E-state index in [0.717, 1.165) is 0 Å². The number of nitrogens with zero attached hydrogens (tertiary/aromatic N) is 2. The summed E-state index contributed by atoms with van der Waals surface area (Å²) in [6.45, 7) is 0. The lowest BCUT2D eigenvalue weighted by Crippen LogP contribution is -2.06. The predicted molar refractivity (Wildman–Crippen MR) is 54.3 cm³/mol. The van der Waals surface area contributed by atoms with Gasteiger partial charge in [-0.3, -0.25) is 4.79 Å². The maximum atomic E-state index is 10.9. The number of methoxy groups -OCH3 is 1. The fourth-order valence-corrected chi connectivity index (χ4v) is 1.37. The minimum atomic E-state index is -0.604. The lowest BCUT2D eigenvalue weighted by molar-refractivity contribution is -0.389. The molecule has 15 heavy (non-hydrogen) atoms. The number of carbonyl (C=O) groups excluding carboxylic acids is 1. The average molecular weight is 275 g/mol. The summed E-state index contributed by atoms with van der Waals surface area (Å²) in [6, 6.07) is 2.70. The van der Waals surface area contributed by atoms with Gasteiger partial charge in [0.1, 0.15) is 0 Å². The Kier molecular flexibility index (Phi) is 3.73. The molecule has 0 aliphatic heterocycles. The van der Waals surface area contributed by atoms with Gasteiger partial charge >= 0.3 is 11.8 Å². The maximum absolute atomic E-state index is 10.9. The van der Waals surface area contributed by atoms with E-state index in [1.165, 1.54) is 19.2 Å². The van der Waals surface area contributed by atoms with Crippen LogP contribution in [0.4, 0.5) is 5.82 Å². The van der Waals surface area contributed by atoms with Gasteiger partial charge in [-0.25, -0.2) is 0 Å². The standard InChI is InChI=1S/C8H7BrN2O4/c1-15-7(12)4-5-2-3-6(11(13)14)10-8(5)9/h2-3H,4H2,1H3. The number of aromatic nitrogens is 1. The lowest BCUT2D eigenvalue weighted by Gasteiger charge is -1.99. The first-order chi connectivity index (χ1) is 7.04. The van der Waals surface area contributed by atoms with Crippen LogP contribution in [0.15, 0.2) is 16.7 Å². The summed E-state index contributed by atoms with van der Waals surface area (Å²) in [4.78, 5) is 24.4. The quantitative estimate of drug-likeness (QED) is 0.361. The third-order valence-corrected chi connectivity index (χ3v) is 2.35. The highest BCUT2D eigenvalue weighted by atomic mass is 79.9. The largest absolute Gasteiger partial charge is 0.469 e. The zero-order valence-corrected chi connectivity index (χ0v) is 9.35. The van der Waals surface area contributed by atoms with Crippen molar-refractivity contribution in [3.05, 3.63) is 32.4 Å². The molecule has 0 fully saturated rings. The predicted octanol–water partition coefficient (Wildman–Crippen LogP) is 1.47. The molecule has 7 heteroatoms. The van der Waals surface area contributed by atoms with Gasteiger partial charge in [0.05, 0.1) is 13.5 Å². The Balaban J connectivity index is 2.93. The number of rotatable bonds is 3. The van der Waals surface area contributed by atoms with E-state index in [0.29, 0.717) is 5.56 Å². The molecule has 0 saturated heterocycles. The maximum Gasteiger partial charge on any atom is 0.364 e. The van der Waals surface area contributed by atoms with Crippen molar-refractivity contribution in [3.63, 3.8) is 0 Å². The molecule has 0 atom stereocenters. The van der Waals surface area contributed by atoms with Crippen molar-refractivity contribution < 1.29 is 14.5 Å². The van der Waals surface area contributed by atoms with Gasteiger partial charge in [-0.1, -0.05) is 0 Å². The van der Waals surface area contributed by atoms with Gasteiger partial charge in [-0.15, -0.1) is 0 Å². The highest BCUT2D eigenvalue weighted by molar-refractivity contribution is 9.10. The molecule has 1 aromatic rings. The van der Waals surface area contributed by atoms with Gasteiger partial charge in [0, 0.05) is 27.6 Å². The summed E-state index contributed by atoms with van der Waals surface area (Å²) < 4.78 is 4.75. The highest BCUT2D eigenvalue weighted by Gasteiger charge is 2.15. The smallest absolute Gasteiger partial charge is 0.364 e. The third-order valence-electron chi connectivity index (χ3n) is 1.66. The number of hydrogen-bond donors (Lipinski definition) is 0. The van der Waals surface area contributed by atoms with Gasteiger partial charge in [0.25, 0.3) is 0 Å². The van der Waals surface area contributed by atoms with E-state index in [9.17, 15) is 14.9 Å². The van der Waals surface area contributed by atoms with E-state index in [1.54, 1.807) is 0 Å². The van der Waals surface area contributed by atoms with Crippen molar-refractivity contribution in [2.45, 2.75) is 6.42 Å². The molecule has 6 nitrogen and oxygen atoms in total. The Morgan fingerprint density at radius 1 is 1.67 bits per heavy atom. The number of esters is 1. The molecule has 0 bridgehead atoms. The number of carbonyl (C=O) groups is 1. The normalized spacial score (nSPS) is 9.73. The second kappa shape index (κ2) is 4.83. The topological polar surface area (TPSA) is 82.3 Å². The molecule has 0 aromatic carbocycles. The summed E-state index contributed by atoms with van der Waals surface area (Å²) in [5, 5.41) is 10.4. The van der Waals surface area contributed by atoms with Gasteiger partial charge < -0.3 is 14.9 Å². The zero-order valence-electron chi connectivity index (χ0n) is 7.77.